The van der Waals surface area contributed by atoms with Crippen molar-refractivity contribution in [3.05, 3.63) is 0 Å². The van der Waals surface area contributed by atoms with Crippen LogP contribution in [0.1, 0.15) is 12.8 Å². The van der Waals surface area contributed by atoms with E-state index in [0.717, 1.165) is 17.3 Å². The largest absolute Gasteiger partial charge is 0.384 e. The van der Waals surface area contributed by atoms with Crippen molar-refractivity contribution in [3.8, 4) is 0 Å². The SMILES string of the molecule is C[N+]1(C)[C@@H]2C[C@@H]3C[C@H]1[C@@H](O3)[C@@H]2O. The lowest BCUT2D eigenvalue weighted by molar-refractivity contribution is -0.930. The van der Waals surface area contributed by atoms with Crippen molar-refractivity contribution >= 4 is 0 Å². The van der Waals surface area contributed by atoms with E-state index in [1.807, 2.05) is 0 Å². The Hall–Kier alpha value is -0.120. The minimum absolute atomic E-state index is 0.142. The zero-order valence-electron chi connectivity index (χ0n) is 7.60. The second kappa shape index (κ2) is 1.86. The third kappa shape index (κ3) is 0.605. The highest BCUT2D eigenvalue weighted by Gasteiger charge is 2.66. The molecule has 4 saturated heterocycles. The second-order valence-electron chi connectivity index (χ2n) is 4.95. The van der Waals surface area contributed by atoms with Crippen molar-refractivity contribution in [2.75, 3.05) is 14.1 Å². The maximum atomic E-state index is 9.90. The second-order valence-corrected chi connectivity index (χ2v) is 4.95. The lowest BCUT2D eigenvalue weighted by Gasteiger charge is -2.41. The fourth-order valence-corrected chi connectivity index (χ4v) is 3.42. The first-order valence-corrected chi connectivity index (χ1v) is 4.77. The maximum Gasteiger partial charge on any atom is 0.141 e. The van der Waals surface area contributed by atoms with Gasteiger partial charge in [-0.1, -0.05) is 0 Å². The summed E-state index contributed by atoms with van der Waals surface area (Å²) in [6.45, 7) is 0. The molecular weight excluding hydrogens is 154 g/mol. The van der Waals surface area contributed by atoms with Crippen LogP contribution in [0.25, 0.3) is 0 Å². The van der Waals surface area contributed by atoms with Gasteiger partial charge < -0.3 is 14.3 Å². The standard InChI is InChI=1S/C9H16NO2/c1-10(2)6-3-5-4-7(10)9(12-5)8(6)11/h5-9,11H,3-4H2,1-2H3/q+1/t5-,6-,7+,8-,9-/m1/s1. The van der Waals surface area contributed by atoms with Gasteiger partial charge >= 0.3 is 0 Å². The van der Waals surface area contributed by atoms with Crippen LogP contribution >= 0.6 is 0 Å². The number of nitrogens with zero attached hydrogens (tertiary/aromatic N) is 1. The van der Waals surface area contributed by atoms with E-state index in [-0.39, 0.29) is 12.2 Å². The molecule has 0 aliphatic carbocycles. The van der Waals surface area contributed by atoms with Crippen LogP contribution < -0.4 is 0 Å². The summed E-state index contributed by atoms with van der Waals surface area (Å²) in [5.74, 6) is 0. The van der Waals surface area contributed by atoms with Crippen LogP contribution in [0.2, 0.25) is 0 Å². The van der Waals surface area contributed by atoms with Gasteiger partial charge in [0.05, 0.1) is 20.2 Å². The molecule has 0 saturated carbocycles. The Labute approximate surface area is 72.5 Å². The number of likely N-dealkylation sites (N-methyl/N-ethyl adjacent to an activating group) is 1. The van der Waals surface area contributed by atoms with Gasteiger partial charge in [0, 0.05) is 12.8 Å². The number of aliphatic hydroxyl groups is 1. The van der Waals surface area contributed by atoms with E-state index in [4.69, 9.17) is 4.74 Å². The van der Waals surface area contributed by atoms with E-state index in [1.54, 1.807) is 0 Å². The predicted molar refractivity (Wildman–Crippen MR) is 43.6 cm³/mol. The lowest BCUT2D eigenvalue weighted by atomic mass is 9.98. The molecule has 5 atom stereocenters. The molecule has 0 aromatic carbocycles. The number of piperidine rings is 1. The lowest BCUT2D eigenvalue weighted by Crippen LogP contribution is -2.56. The Morgan fingerprint density at radius 3 is 2.50 bits per heavy atom. The highest BCUT2D eigenvalue weighted by molar-refractivity contribution is 5.04. The molecule has 0 aromatic rings. The normalized spacial score (nSPS) is 59.8. The van der Waals surface area contributed by atoms with Crippen LogP contribution in [0.15, 0.2) is 0 Å². The number of ether oxygens (including phenoxy) is 1. The van der Waals surface area contributed by atoms with E-state index in [1.165, 1.54) is 0 Å². The molecular formula is C9H16NO2+. The van der Waals surface area contributed by atoms with Crippen molar-refractivity contribution in [1.82, 2.24) is 0 Å². The third-order valence-electron chi connectivity index (χ3n) is 4.18. The number of rotatable bonds is 0. The Bertz CT molecular complexity index is 225. The molecule has 4 heterocycles. The fourth-order valence-electron chi connectivity index (χ4n) is 3.42. The Morgan fingerprint density at radius 1 is 1.25 bits per heavy atom. The van der Waals surface area contributed by atoms with Crippen LogP contribution in [0, 0.1) is 0 Å². The molecule has 4 bridgehead atoms. The van der Waals surface area contributed by atoms with Gasteiger partial charge in [-0.2, -0.15) is 0 Å². The predicted octanol–water partition coefficient (Wildman–Crippen LogP) is -0.264. The molecule has 1 N–H and O–H groups in total. The highest BCUT2D eigenvalue weighted by atomic mass is 16.5. The van der Waals surface area contributed by atoms with Crippen LogP contribution in [0.5, 0.6) is 0 Å². The minimum atomic E-state index is -0.205. The number of hydrogen-bond acceptors (Lipinski definition) is 2. The third-order valence-corrected chi connectivity index (χ3v) is 4.18. The smallest absolute Gasteiger partial charge is 0.141 e. The number of aliphatic hydroxyl groups excluding tert-OH is 1. The summed E-state index contributed by atoms with van der Waals surface area (Å²) in [5.41, 5.74) is 0. The summed E-state index contributed by atoms with van der Waals surface area (Å²) < 4.78 is 6.71. The van der Waals surface area contributed by atoms with Crippen molar-refractivity contribution in [3.63, 3.8) is 0 Å². The van der Waals surface area contributed by atoms with Gasteiger partial charge in [0.15, 0.2) is 0 Å². The Balaban J connectivity index is 2.06. The quantitative estimate of drug-likeness (QED) is 0.507. The highest BCUT2D eigenvalue weighted by Crippen LogP contribution is 2.48. The van der Waals surface area contributed by atoms with E-state index < -0.39 is 0 Å². The topological polar surface area (TPSA) is 29.5 Å². The summed E-state index contributed by atoms with van der Waals surface area (Å²) in [5, 5.41) is 9.90. The molecule has 4 aliphatic heterocycles. The molecule has 12 heavy (non-hydrogen) atoms. The van der Waals surface area contributed by atoms with Gasteiger partial charge in [0.1, 0.15) is 24.3 Å². The molecule has 4 fully saturated rings. The molecule has 68 valence electrons. The van der Waals surface area contributed by atoms with Crippen molar-refractivity contribution in [2.24, 2.45) is 0 Å². The Morgan fingerprint density at radius 2 is 1.92 bits per heavy atom. The van der Waals surface area contributed by atoms with Gasteiger partial charge in [-0.25, -0.2) is 0 Å². The van der Waals surface area contributed by atoms with E-state index in [0.29, 0.717) is 18.2 Å². The molecule has 0 amide bonds. The summed E-state index contributed by atoms with van der Waals surface area (Å²) in [4.78, 5) is 0. The van der Waals surface area contributed by atoms with Gasteiger partial charge in [-0.05, 0) is 0 Å². The molecule has 0 aromatic heterocycles. The average molecular weight is 170 g/mol. The van der Waals surface area contributed by atoms with Crippen molar-refractivity contribution < 1.29 is 14.3 Å². The summed E-state index contributed by atoms with van der Waals surface area (Å²) in [6.07, 6.45) is 2.61. The minimum Gasteiger partial charge on any atom is -0.384 e. The van der Waals surface area contributed by atoms with Crippen LogP contribution in [0.3, 0.4) is 0 Å². The first-order chi connectivity index (χ1) is 5.60. The molecule has 3 nitrogen and oxygen atoms in total. The first kappa shape index (κ1) is 7.30. The monoisotopic (exact) mass is 170 g/mol. The zero-order chi connectivity index (χ0) is 8.51. The molecule has 3 heteroatoms. The average Bonchev–Trinajstić information content (AvgIpc) is 2.39. The number of hydrogen-bond donors (Lipinski definition) is 1. The van der Waals surface area contributed by atoms with E-state index in [9.17, 15) is 5.11 Å². The molecule has 4 aliphatic rings. The molecule has 0 unspecified atom stereocenters. The van der Waals surface area contributed by atoms with Gasteiger partial charge in [0.25, 0.3) is 0 Å². The summed E-state index contributed by atoms with van der Waals surface area (Å²) in [7, 11) is 4.45. The molecule has 0 spiro atoms. The molecule has 4 rings (SSSR count). The van der Waals surface area contributed by atoms with Crippen LogP contribution in [-0.4, -0.2) is 54.1 Å². The van der Waals surface area contributed by atoms with Crippen LogP contribution in [0.4, 0.5) is 0 Å². The van der Waals surface area contributed by atoms with Gasteiger partial charge in [0.2, 0.25) is 0 Å². The van der Waals surface area contributed by atoms with E-state index >= 15 is 0 Å². The number of quaternary nitrogens is 1. The first-order valence-electron chi connectivity index (χ1n) is 4.77. The van der Waals surface area contributed by atoms with Gasteiger partial charge in [-0.3, -0.25) is 0 Å². The van der Waals surface area contributed by atoms with E-state index in [2.05, 4.69) is 14.1 Å². The summed E-state index contributed by atoms with van der Waals surface area (Å²) in [6, 6.07) is 0.997. The fraction of sp³-hybridized carbons (Fsp3) is 1.00. The maximum absolute atomic E-state index is 9.90. The molecule has 0 radical (unpaired) electrons. The van der Waals surface area contributed by atoms with Crippen molar-refractivity contribution in [2.45, 2.75) is 43.2 Å². The van der Waals surface area contributed by atoms with Gasteiger partial charge in [-0.15, -0.1) is 0 Å². The summed E-state index contributed by atoms with van der Waals surface area (Å²) >= 11 is 0. The van der Waals surface area contributed by atoms with Crippen molar-refractivity contribution in [1.29, 1.82) is 0 Å². The zero-order valence-corrected chi connectivity index (χ0v) is 7.60. The Kier molecular flexibility index (Phi) is 1.13. The van der Waals surface area contributed by atoms with Crippen LogP contribution in [-0.2, 0) is 4.74 Å².